The third-order valence-corrected chi connectivity index (χ3v) is 5.48. The Kier molecular flexibility index (Phi) is 5.93. The predicted octanol–water partition coefficient (Wildman–Crippen LogP) is 3.06. The molecule has 0 aliphatic carbocycles. The highest BCUT2D eigenvalue weighted by Crippen LogP contribution is 2.19. The van der Waals surface area contributed by atoms with E-state index in [1.54, 1.807) is 18.2 Å². The van der Waals surface area contributed by atoms with Gasteiger partial charge in [-0.2, -0.15) is 0 Å². The lowest BCUT2D eigenvalue weighted by molar-refractivity contribution is 0.0918. The largest absolute Gasteiger partial charge is 0.492 e. The number of ether oxygens (including phenoxy) is 1. The van der Waals surface area contributed by atoms with Crippen molar-refractivity contribution in [1.82, 2.24) is 5.32 Å². The third-order valence-electron chi connectivity index (χ3n) is 3.80. The monoisotopic (exact) mass is 385 g/mol. The summed E-state index contributed by atoms with van der Waals surface area (Å²) in [6, 6.07) is 18.8. The van der Waals surface area contributed by atoms with E-state index >= 15 is 0 Å². The molecule has 0 saturated carbocycles. The molecule has 27 heavy (non-hydrogen) atoms. The van der Waals surface area contributed by atoms with Crippen molar-refractivity contribution in [3.63, 3.8) is 0 Å². The number of rotatable bonds is 8. The first kappa shape index (κ1) is 18.7. The molecule has 1 amide bonds. The standard InChI is InChI=1S/C20H19NO5S/c22-20(21-12-14-25-17-7-3-1-4-8-17)19-16(11-13-26-19)15-27(23,24)18-9-5-2-6-10-18/h1-11,13H,12,14-15H2,(H,21,22). The summed E-state index contributed by atoms with van der Waals surface area (Å²) in [5.41, 5.74) is 0.320. The lowest BCUT2D eigenvalue weighted by atomic mass is 10.2. The summed E-state index contributed by atoms with van der Waals surface area (Å²) in [4.78, 5) is 12.5. The first-order chi connectivity index (χ1) is 13.1. The molecule has 1 heterocycles. The lowest BCUT2D eigenvalue weighted by Gasteiger charge is -2.08. The van der Waals surface area contributed by atoms with Crippen LogP contribution in [0.2, 0.25) is 0 Å². The first-order valence-corrected chi connectivity index (χ1v) is 10.0. The fourth-order valence-electron chi connectivity index (χ4n) is 2.49. The van der Waals surface area contributed by atoms with E-state index < -0.39 is 15.7 Å². The SMILES string of the molecule is O=C(NCCOc1ccccc1)c1occc1CS(=O)(=O)c1ccccc1. The van der Waals surface area contributed by atoms with Gasteiger partial charge in [0.1, 0.15) is 12.4 Å². The van der Waals surface area contributed by atoms with Gasteiger partial charge in [-0.1, -0.05) is 36.4 Å². The van der Waals surface area contributed by atoms with Gasteiger partial charge in [-0.25, -0.2) is 8.42 Å². The van der Waals surface area contributed by atoms with E-state index in [9.17, 15) is 13.2 Å². The second-order valence-electron chi connectivity index (χ2n) is 5.76. The van der Waals surface area contributed by atoms with Crippen molar-refractivity contribution >= 4 is 15.7 Å². The number of hydrogen-bond donors (Lipinski definition) is 1. The van der Waals surface area contributed by atoms with E-state index in [4.69, 9.17) is 9.15 Å². The predicted molar refractivity (Wildman–Crippen MR) is 100 cm³/mol. The number of carbonyl (C=O) groups is 1. The zero-order chi connectivity index (χ0) is 19.1. The molecule has 140 valence electrons. The van der Waals surface area contributed by atoms with Gasteiger partial charge < -0.3 is 14.5 Å². The summed E-state index contributed by atoms with van der Waals surface area (Å²) in [5.74, 6) is -0.0833. The van der Waals surface area contributed by atoms with Crippen molar-refractivity contribution < 1.29 is 22.4 Å². The van der Waals surface area contributed by atoms with Crippen LogP contribution in [0, 0.1) is 0 Å². The topological polar surface area (TPSA) is 85.6 Å². The van der Waals surface area contributed by atoms with Crippen LogP contribution in [0.25, 0.3) is 0 Å². The summed E-state index contributed by atoms with van der Waals surface area (Å²) in [6.45, 7) is 0.549. The second-order valence-corrected chi connectivity index (χ2v) is 7.75. The highest BCUT2D eigenvalue weighted by Gasteiger charge is 2.22. The zero-order valence-corrected chi connectivity index (χ0v) is 15.3. The van der Waals surface area contributed by atoms with E-state index in [0.29, 0.717) is 11.3 Å². The molecule has 0 spiro atoms. The van der Waals surface area contributed by atoms with Crippen LogP contribution in [0.4, 0.5) is 0 Å². The van der Waals surface area contributed by atoms with E-state index in [0.717, 1.165) is 0 Å². The van der Waals surface area contributed by atoms with Crippen molar-refractivity contribution in [2.75, 3.05) is 13.2 Å². The maximum atomic E-state index is 12.5. The number of para-hydroxylation sites is 1. The van der Waals surface area contributed by atoms with Gasteiger partial charge in [0.05, 0.1) is 23.5 Å². The average Bonchev–Trinajstić information content (AvgIpc) is 3.14. The molecule has 3 aromatic rings. The number of amides is 1. The zero-order valence-electron chi connectivity index (χ0n) is 14.5. The molecule has 7 heteroatoms. The van der Waals surface area contributed by atoms with Gasteiger partial charge in [0.15, 0.2) is 15.6 Å². The Morgan fingerprint density at radius 2 is 1.63 bits per heavy atom. The van der Waals surface area contributed by atoms with Crippen LogP contribution in [0.1, 0.15) is 16.1 Å². The molecule has 0 fully saturated rings. The van der Waals surface area contributed by atoms with Crippen molar-refractivity contribution in [2.45, 2.75) is 10.6 Å². The van der Waals surface area contributed by atoms with Crippen LogP contribution in [-0.4, -0.2) is 27.5 Å². The van der Waals surface area contributed by atoms with E-state index in [2.05, 4.69) is 5.32 Å². The molecule has 0 atom stereocenters. The van der Waals surface area contributed by atoms with Gasteiger partial charge in [0.25, 0.3) is 5.91 Å². The van der Waals surface area contributed by atoms with Crippen LogP contribution < -0.4 is 10.1 Å². The number of benzene rings is 2. The molecule has 1 aromatic heterocycles. The quantitative estimate of drug-likeness (QED) is 0.603. The van der Waals surface area contributed by atoms with E-state index in [-0.39, 0.29) is 29.6 Å². The van der Waals surface area contributed by atoms with Crippen LogP contribution >= 0.6 is 0 Å². The molecule has 0 saturated heterocycles. The molecule has 0 aliphatic rings. The number of hydrogen-bond acceptors (Lipinski definition) is 5. The number of carbonyl (C=O) groups excluding carboxylic acids is 1. The molecule has 3 rings (SSSR count). The fraction of sp³-hybridized carbons (Fsp3) is 0.150. The molecular weight excluding hydrogens is 366 g/mol. The second kappa shape index (κ2) is 8.55. The molecule has 0 radical (unpaired) electrons. The van der Waals surface area contributed by atoms with Crippen LogP contribution in [0.3, 0.4) is 0 Å². The van der Waals surface area contributed by atoms with Gasteiger partial charge in [-0.05, 0) is 30.3 Å². The van der Waals surface area contributed by atoms with Crippen molar-refractivity contribution in [3.8, 4) is 5.75 Å². The molecule has 0 aliphatic heterocycles. The highest BCUT2D eigenvalue weighted by atomic mass is 32.2. The number of sulfone groups is 1. The fourth-order valence-corrected chi connectivity index (χ4v) is 3.87. The first-order valence-electron chi connectivity index (χ1n) is 8.36. The van der Waals surface area contributed by atoms with Gasteiger partial charge in [-0.3, -0.25) is 4.79 Å². The maximum Gasteiger partial charge on any atom is 0.287 e. The minimum Gasteiger partial charge on any atom is -0.492 e. The average molecular weight is 385 g/mol. The number of furan rings is 1. The van der Waals surface area contributed by atoms with Crippen molar-refractivity contribution in [2.24, 2.45) is 0 Å². The smallest absolute Gasteiger partial charge is 0.287 e. The molecule has 6 nitrogen and oxygen atoms in total. The molecule has 2 aromatic carbocycles. The summed E-state index contributed by atoms with van der Waals surface area (Å²) in [5, 5.41) is 2.67. The van der Waals surface area contributed by atoms with Crippen LogP contribution in [-0.2, 0) is 15.6 Å². The molecule has 0 bridgehead atoms. The Labute approximate surface area is 157 Å². The minimum absolute atomic E-state index is 0.00535. The Bertz CT molecular complexity index is 981. The van der Waals surface area contributed by atoms with Gasteiger partial charge in [0.2, 0.25) is 0 Å². The van der Waals surface area contributed by atoms with E-state index in [1.165, 1.54) is 24.5 Å². The van der Waals surface area contributed by atoms with Crippen LogP contribution in [0.5, 0.6) is 5.75 Å². The van der Waals surface area contributed by atoms with Gasteiger partial charge in [0, 0.05) is 5.56 Å². The minimum atomic E-state index is -3.57. The van der Waals surface area contributed by atoms with Crippen molar-refractivity contribution in [3.05, 3.63) is 84.3 Å². The summed E-state index contributed by atoms with van der Waals surface area (Å²) in [6.07, 6.45) is 1.31. The Hall–Kier alpha value is -3.06. The summed E-state index contributed by atoms with van der Waals surface area (Å²) < 4.78 is 35.7. The number of nitrogens with one attached hydrogen (secondary N) is 1. The molecule has 0 unspecified atom stereocenters. The van der Waals surface area contributed by atoms with E-state index in [1.807, 2.05) is 30.3 Å². The maximum absolute atomic E-state index is 12.5. The summed E-state index contributed by atoms with van der Waals surface area (Å²) in [7, 11) is -3.57. The van der Waals surface area contributed by atoms with Crippen LogP contribution in [0.15, 0.2) is 82.3 Å². The third kappa shape index (κ3) is 4.98. The molecular formula is C20H19NO5S. The van der Waals surface area contributed by atoms with Gasteiger partial charge in [-0.15, -0.1) is 0 Å². The lowest BCUT2D eigenvalue weighted by Crippen LogP contribution is -2.28. The Morgan fingerprint density at radius 1 is 0.963 bits per heavy atom. The van der Waals surface area contributed by atoms with Gasteiger partial charge >= 0.3 is 0 Å². The normalized spacial score (nSPS) is 11.1. The summed E-state index contributed by atoms with van der Waals surface area (Å²) >= 11 is 0. The van der Waals surface area contributed by atoms with Crippen molar-refractivity contribution in [1.29, 1.82) is 0 Å². The highest BCUT2D eigenvalue weighted by molar-refractivity contribution is 7.90. The molecule has 1 N–H and O–H groups in total. The Balaban J connectivity index is 1.58. The Morgan fingerprint density at radius 3 is 2.33 bits per heavy atom.